The van der Waals surface area contributed by atoms with Crippen molar-refractivity contribution in [2.24, 2.45) is 0 Å². The average molecular weight is 339 g/mol. The third-order valence-electron chi connectivity index (χ3n) is 3.17. The highest BCUT2D eigenvalue weighted by Crippen LogP contribution is 2.24. The van der Waals surface area contributed by atoms with Crippen molar-refractivity contribution in [2.75, 3.05) is 5.32 Å². The number of hydrogen-bond donors (Lipinski definition) is 1. The van der Waals surface area contributed by atoms with E-state index in [1.807, 2.05) is 50.2 Å². The van der Waals surface area contributed by atoms with E-state index in [0.29, 0.717) is 22.3 Å². The van der Waals surface area contributed by atoms with Gasteiger partial charge in [-0.1, -0.05) is 42.5 Å². The Labute approximate surface area is 144 Å². The monoisotopic (exact) mass is 339 g/mol. The van der Waals surface area contributed by atoms with Gasteiger partial charge in [-0.3, -0.25) is 10.1 Å². The lowest BCUT2D eigenvalue weighted by Gasteiger charge is -2.13. The third-order valence-corrected chi connectivity index (χ3v) is 3.80. The number of nitrogens with zero attached hydrogens (tertiary/aromatic N) is 2. The highest BCUT2D eigenvalue weighted by atomic mass is 32.1. The van der Waals surface area contributed by atoms with Gasteiger partial charge < -0.3 is 4.74 Å². The van der Waals surface area contributed by atoms with Gasteiger partial charge in [-0.15, -0.1) is 0 Å². The molecule has 1 amide bonds. The first-order valence-electron chi connectivity index (χ1n) is 7.59. The summed E-state index contributed by atoms with van der Waals surface area (Å²) in [5.74, 6) is 0.891. The topological polar surface area (TPSA) is 64.1 Å². The highest BCUT2D eigenvalue weighted by Gasteiger charge is 2.15. The second-order valence-electron chi connectivity index (χ2n) is 5.41. The molecule has 6 heteroatoms. The molecule has 0 fully saturated rings. The van der Waals surface area contributed by atoms with Gasteiger partial charge in [-0.05, 0) is 26.0 Å². The van der Waals surface area contributed by atoms with Crippen molar-refractivity contribution < 1.29 is 9.53 Å². The van der Waals surface area contributed by atoms with E-state index in [0.717, 1.165) is 17.1 Å². The minimum absolute atomic E-state index is 0.00911. The SMILES string of the molecule is CC(C)Oc1ccccc1C(=O)Nc1nc(-c2ccccc2)ns1. The largest absolute Gasteiger partial charge is 0.490 e. The molecule has 5 nitrogen and oxygen atoms in total. The molecule has 0 aliphatic rings. The maximum atomic E-state index is 12.5. The Morgan fingerprint density at radius 2 is 1.79 bits per heavy atom. The number of ether oxygens (including phenoxy) is 1. The number of para-hydroxylation sites is 1. The number of anilines is 1. The van der Waals surface area contributed by atoms with Crippen molar-refractivity contribution in [3.05, 3.63) is 60.2 Å². The predicted molar refractivity (Wildman–Crippen MR) is 95.5 cm³/mol. The minimum Gasteiger partial charge on any atom is -0.490 e. The maximum Gasteiger partial charge on any atom is 0.261 e. The van der Waals surface area contributed by atoms with Crippen LogP contribution >= 0.6 is 11.5 Å². The summed E-state index contributed by atoms with van der Waals surface area (Å²) in [6, 6.07) is 16.8. The van der Waals surface area contributed by atoms with Crippen LogP contribution < -0.4 is 10.1 Å². The van der Waals surface area contributed by atoms with E-state index in [-0.39, 0.29) is 12.0 Å². The standard InChI is InChI=1S/C18H17N3O2S/c1-12(2)23-15-11-7-6-10-14(15)17(22)20-18-19-16(21-24-18)13-8-4-3-5-9-13/h3-12H,1-2H3,(H,19,20,21,22). The lowest BCUT2D eigenvalue weighted by atomic mass is 10.2. The second kappa shape index (κ2) is 7.23. The summed E-state index contributed by atoms with van der Waals surface area (Å²) in [4.78, 5) is 16.9. The third kappa shape index (κ3) is 3.78. The number of hydrogen-bond acceptors (Lipinski definition) is 5. The Kier molecular flexibility index (Phi) is 4.86. The summed E-state index contributed by atoms with van der Waals surface area (Å²) in [7, 11) is 0. The van der Waals surface area contributed by atoms with Gasteiger partial charge >= 0.3 is 0 Å². The van der Waals surface area contributed by atoms with Gasteiger partial charge in [0.25, 0.3) is 5.91 Å². The molecule has 24 heavy (non-hydrogen) atoms. The van der Waals surface area contributed by atoms with Gasteiger partial charge in [0.1, 0.15) is 5.75 Å². The molecule has 1 heterocycles. The molecule has 0 atom stereocenters. The normalized spacial score (nSPS) is 10.6. The zero-order chi connectivity index (χ0) is 16.9. The summed E-state index contributed by atoms with van der Waals surface area (Å²) in [6.45, 7) is 3.84. The van der Waals surface area contributed by atoms with Crippen LogP contribution in [0.1, 0.15) is 24.2 Å². The molecule has 0 spiro atoms. The van der Waals surface area contributed by atoms with E-state index in [2.05, 4.69) is 14.7 Å². The molecule has 0 aliphatic carbocycles. The van der Waals surface area contributed by atoms with Crippen molar-refractivity contribution in [2.45, 2.75) is 20.0 Å². The van der Waals surface area contributed by atoms with Gasteiger partial charge in [0.15, 0.2) is 5.82 Å². The van der Waals surface area contributed by atoms with Crippen LogP contribution in [-0.2, 0) is 0 Å². The minimum atomic E-state index is -0.262. The summed E-state index contributed by atoms with van der Waals surface area (Å²) in [5, 5.41) is 3.24. The van der Waals surface area contributed by atoms with Crippen LogP contribution in [0.5, 0.6) is 5.75 Å². The first-order chi connectivity index (χ1) is 11.6. The molecule has 0 unspecified atom stereocenters. The van der Waals surface area contributed by atoms with Crippen LogP contribution in [-0.4, -0.2) is 21.4 Å². The summed E-state index contributed by atoms with van der Waals surface area (Å²) in [6.07, 6.45) is -0.00911. The van der Waals surface area contributed by atoms with Crippen molar-refractivity contribution >= 4 is 22.6 Å². The lowest BCUT2D eigenvalue weighted by molar-refractivity contribution is 0.102. The van der Waals surface area contributed by atoms with E-state index in [1.165, 1.54) is 0 Å². The quantitative estimate of drug-likeness (QED) is 0.755. The fourth-order valence-corrected chi connectivity index (χ4v) is 2.74. The van der Waals surface area contributed by atoms with E-state index >= 15 is 0 Å². The Hall–Kier alpha value is -2.73. The molecule has 1 aromatic heterocycles. The Bertz CT molecular complexity index is 831. The number of carbonyl (C=O) groups is 1. The summed E-state index contributed by atoms with van der Waals surface area (Å²) >= 11 is 1.15. The molecule has 0 radical (unpaired) electrons. The molecule has 3 rings (SSSR count). The van der Waals surface area contributed by atoms with Gasteiger partial charge in [0, 0.05) is 17.1 Å². The van der Waals surface area contributed by atoms with Crippen LogP contribution in [0.2, 0.25) is 0 Å². The van der Waals surface area contributed by atoms with E-state index < -0.39 is 0 Å². The Morgan fingerprint density at radius 3 is 2.54 bits per heavy atom. The molecule has 0 aliphatic heterocycles. The average Bonchev–Trinajstić information content (AvgIpc) is 3.04. The Balaban J connectivity index is 1.78. The smallest absolute Gasteiger partial charge is 0.261 e. The molecular formula is C18H17N3O2S. The molecule has 2 aromatic carbocycles. The lowest BCUT2D eigenvalue weighted by Crippen LogP contribution is -2.15. The Morgan fingerprint density at radius 1 is 1.08 bits per heavy atom. The first kappa shape index (κ1) is 16.1. The van der Waals surface area contributed by atoms with Crippen molar-refractivity contribution in [3.63, 3.8) is 0 Å². The second-order valence-corrected chi connectivity index (χ2v) is 6.16. The number of amides is 1. The van der Waals surface area contributed by atoms with Crippen LogP contribution in [0.25, 0.3) is 11.4 Å². The molecule has 0 saturated heterocycles. The summed E-state index contributed by atoms with van der Waals surface area (Å²) < 4.78 is 9.97. The fraction of sp³-hybridized carbons (Fsp3) is 0.167. The van der Waals surface area contributed by atoms with E-state index in [9.17, 15) is 4.79 Å². The van der Waals surface area contributed by atoms with Crippen molar-refractivity contribution in [1.82, 2.24) is 9.36 Å². The molecule has 122 valence electrons. The number of carbonyl (C=O) groups excluding carboxylic acids is 1. The van der Waals surface area contributed by atoms with Gasteiger partial charge in [-0.25, -0.2) is 0 Å². The van der Waals surface area contributed by atoms with E-state index in [1.54, 1.807) is 18.2 Å². The predicted octanol–water partition coefficient (Wildman–Crippen LogP) is 4.24. The van der Waals surface area contributed by atoms with Crippen LogP contribution in [0, 0.1) is 0 Å². The van der Waals surface area contributed by atoms with Crippen molar-refractivity contribution in [3.8, 4) is 17.1 Å². The molecule has 0 saturated carbocycles. The van der Waals surface area contributed by atoms with Crippen LogP contribution in [0.15, 0.2) is 54.6 Å². The maximum absolute atomic E-state index is 12.5. The van der Waals surface area contributed by atoms with Crippen LogP contribution in [0.4, 0.5) is 5.13 Å². The highest BCUT2D eigenvalue weighted by molar-refractivity contribution is 7.10. The fourth-order valence-electron chi connectivity index (χ4n) is 2.15. The number of rotatable bonds is 5. The zero-order valence-electron chi connectivity index (χ0n) is 13.4. The van der Waals surface area contributed by atoms with E-state index in [4.69, 9.17) is 4.74 Å². The van der Waals surface area contributed by atoms with Crippen molar-refractivity contribution in [1.29, 1.82) is 0 Å². The molecule has 3 aromatic rings. The van der Waals surface area contributed by atoms with Crippen LogP contribution in [0.3, 0.4) is 0 Å². The summed E-state index contributed by atoms with van der Waals surface area (Å²) in [5.41, 5.74) is 1.39. The van der Waals surface area contributed by atoms with Gasteiger partial charge in [0.2, 0.25) is 5.13 Å². The zero-order valence-corrected chi connectivity index (χ0v) is 14.2. The number of benzene rings is 2. The number of aromatic nitrogens is 2. The van der Waals surface area contributed by atoms with Gasteiger partial charge in [-0.2, -0.15) is 9.36 Å². The molecule has 0 bridgehead atoms. The molecule has 1 N–H and O–H groups in total. The first-order valence-corrected chi connectivity index (χ1v) is 8.37. The molecular weight excluding hydrogens is 322 g/mol. The number of nitrogens with one attached hydrogen (secondary N) is 1. The van der Waals surface area contributed by atoms with Gasteiger partial charge in [0.05, 0.1) is 11.7 Å².